The Bertz CT molecular complexity index is 693. The standard InChI is InChI=1S/C17H23N3O5/c1-10(2)17(11(3)4)15(22)19(16(23)18-17)9-14(21)12-6-5-7-13(8-12)20(24)25/h5-8,10-11,14,21H,9H2,1-4H3,(H,18,23)/t14-/m1/s1. The topological polar surface area (TPSA) is 113 Å². The zero-order valence-corrected chi connectivity index (χ0v) is 14.7. The highest BCUT2D eigenvalue weighted by Gasteiger charge is 2.55. The van der Waals surface area contributed by atoms with Crippen LogP contribution in [0.25, 0.3) is 0 Å². The maximum absolute atomic E-state index is 12.9. The normalized spacial score (nSPS) is 18.0. The number of nitro benzene ring substituents is 1. The van der Waals surface area contributed by atoms with Crippen LogP contribution in [0.15, 0.2) is 24.3 Å². The summed E-state index contributed by atoms with van der Waals surface area (Å²) in [4.78, 5) is 36.5. The predicted molar refractivity (Wildman–Crippen MR) is 90.7 cm³/mol. The van der Waals surface area contributed by atoms with Crippen LogP contribution in [0.3, 0.4) is 0 Å². The lowest BCUT2D eigenvalue weighted by Gasteiger charge is -2.34. The van der Waals surface area contributed by atoms with Gasteiger partial charge in [0.25, 0.3) is 11.6 Å². The van der Waals surface area contributed by atoms with Gasteiger partial charge in [0.1, 0.15) is 5.54 Å². The molecule has 2 rings (SSSR count). The van der Waals surface area contributed by atoms with Crippen LogP contribution in [0, 0.1) is 22.0 Å². The third kappa shape index (κ3) is 3.21. The number of nitrogens with zero attached hydrogens (tertiary/aromatic N) is 2. The summed E-state index contributed by atoms with van der Waals surface area (Å²) in [7, 11) is 0. The van der Waals surface area contributed by atoms with Crippen LogP contribution in [-0.2, 0) is 4.79 Å². The van der Waals surface area contributed by atoms with Crippen molar-refractivity contribution in [2.24, 2.45) is 11.8 Å². The number of non-ortho nitro benzene ring substituents is 1. The molecule has 1 saturated heterocycles. The zero-order chi connectivity index (χ0) is 18.9. The Morgan fingerprint density at radius 3 is 2.32 bits per heavy atom. The van der Waals surface area contributed by atoms with E-state index in [1.54, 1.807) is 0 Å². The maximum atomic E-state index is 12.9. The second-order valence-electron chi connectivity index (χ2n) is 6.89. The summed E-state index contributed by atoms with van der Waals surface area (Å²) in [5.74, 6) is -0.625. The van der Waals surface area contributed by atoms with Crippen molar-refractivity contribution in [3.05, 3.63) is 39.9 Å². The molecule has 1 fully saturated rings. The maximum Gasteiger partial charge on any atom is 0.325 e. The third-order valence-electron chi connectivity index (χ3n) is 4.80. The number of imide groups is 1. The van der Waals surface area contributed by atoms with E-state index in [0.717, 1.165) is 4.90 Å². The molecule has 136 valence electrons. The van der Waals surface area contributed by atoms with E-state index in [0.29, 0.717) is 0 Å². The lowest BCUT2D eigenvalue weighted by molar-refractivity contribution is -0.385. The number of aliphatic hydroxyl groups is 1. The van der Waals surface area contributed by atoms with E-state index >= 15 is 0 Å². The van der Waals surface area contributed by atoms with Crippen LogP contribution in [-0.4, -0.2) is 39.0 Å². The number of aliphatic hydroxyl groups excluding tert-OH is 1. The number of β-amino-alcohol motifs (C(OH)–C–C–N with tert-alkyl or cyclic N) is 1. The van der Waals surface area contributed by atoms with Crippen molar-refractivity contribution < 1.29 is 19.6 Å². The van der Waals surface area contributed by atoms with Gasteiger partial charge in [-0.1, -0.05) is 39.8 Å². The molecule has 1 atom stereocenters. The number of carbonyl (C=O) groups excluding carboxylic acids is 2. The monoisotopic (exact) mass is 349 g/mol. The van der Waals surface area contributed by atoms with Crippen molar-refractivity contribution in [2.45, 2.75) is 39.3 Å². The van der Waals surface area contributed by atoms with Gasteiger partial charge in [-0.15, -0.1) is 0 Å². The summed E-state index contributed by atoms with van der Waals surface area (Å²) in [5.41, 5.74) is -0.895. The second kappa shape index (κ2) is 6.79. The Morgan fingerprint density at radius 2 is 1.84 bits per heavy atom. The van der Waals surface area contributed by atoms with E-state index in [2.05, 4.69) is 5.32 Å². The van der Waals surface area contributed by atoms with E-state index in [9.17, 15) is 24.8 Å². The molecule has 3 amide bonds. The van der Waals surface area contributed by atoms with Crippen molar-refractivity contribution in [2.75, 3.05) is 6.54 Å². The SMILES string of the molecule is CC(C)C1(C(C)C)NC(=O)N(C[C@@H](O)c2cccc([N+](=O)[O-])c2)C1=O. The van der Waals surface area contributed by atoms with Gasteiger partial charge in [0, 0.05) is 12.1 Å². The van der Waals surface area contributed by atoms with E-state index in [-0.39, 0.29) is 35.5 Å². The molecule has 1 aromatic rings. The van der Waals surface area contributed by atoms with Crippen LogP contribution in [0.4, 0.5) is 10.5 Å². The first-order valence-electron chi connectivity index (χ1n) is 8.17. The van der Waals surface area contributed by atoms with Crippen LogP contribution in [0.5, 0.6) is 0 Å². The Kier molecular flexibility index (Phi) is 5.12. The molecular weight excluding hydrogens is 326 g/mol. The molecule has 8 heteroatoms. The van der Waals surface area contributed by atoms with Gasteiger partial charge in [0.15, 0.2) is 0 Å². The average molecular weight is 349 g/mol. The van der Waals surface area contributed by atoms with Gasteiger partial charge in [-0.2, -0.15) is 0 Å². The minimum Gasteiger partial charge on any atom is -0.387 e. The number of hydrogen-bond donors (Lipinski definition) is 2. The molecule has 1 aliphatic heterocycles. The molecule has 2 N–H and O–H groups in total. The summed E-state index contributed by atoms with van der Waals surface area (Å²) in [5, 5.41) is 24.0. The molecule has 8 nitrogen and oxygen atoms in total. The number of rotatable bonds is 6. The number of benzene rings is 1. The minimum atomic E-state index is -1.20. The van der Waals surface area contributed by atoms with Gasteiger partial charge in [-0.3, -0.25) is 19.8 Å². The molecule has 1 aliphatic rings. The second-order valence-corrected chi connectivity index (χ2v) is 6.89. The van der Waals surface area contributed by atoms with E-state index in [1.165, 1.54) is 24.3 Å². The highest BCUT2D eigenvalue weighted by Crippen LogP contribution is 2.34. The molecule has 1 aromatic carbocycles. The quantitative estimate of drug-likeness (QED) is 0.464. The molecule has 0 bridgehead atoms. The van der Waals surface area contributed by atoms with Crippen molar-refractivity contribution in [1.29, 1.82) is 0 Å². The summed E-state index contributed by atoms with van der Waals surface area (Å²) >= 11 is 0. The van der Waals surface area contributed by atoms with E-state index in [1.807, 2.05) is 27.7 Å². The average Bonchev–Trinajstić information content (AvgIpc) is 2.80. The number of carbonyl (C=O) groups is 2. The lowest BCUT2D eigenvalue weighted by atomic mass is 9.77. The number of urea groups is 1. The van der Waals surface area contributed by atoms with Crippen LogP contribution < -0.4 is 5.32 Å². The number of nitro groups is 1. The Morgan fingerprint density at radius 1 is 1.24 bits per heavy atom. The van der Waals surface area contributed by atoms with E-state index < -0.39 is 22.6 Å². The van der Waals surface area contributed by atoms with Gasteiger partial charge in [0.2, 0.25) is 0 Å². The van der Waals surface area contributed by atoms with Crippen molar-refractivity contribution >= 4 is 17.6 Å². The number of nitrogens with one attached hydrogen (secondary N) is 1. The zero-order valence-electron chi connectivity index (χ0n) is 14.7. The summed E-state index contributed by atoms with van der Waals surface area (Å²) in [6.45, 7) is 7.18. The molecule has 0 radical (unpaired) electrons. The Hall–Kier alpha value is -2.48. The molecule has 25 heavy (non-hydrogen) atoms. The molecule has 0 aliphatic carbocycles. The van der Waals surface area contributed by atoms with Gasteiger partial charge < -0.3 is 10.4 Å². The van der Waals surface area contributed by atoms with Gasteiger partial charge >= 0.3 is 6.03 Å². The fourth-order valence-corrected chi connectivity index (χ4v) is 3.35. The van der Waals surface area contributed by atoms with Gasteiger partial charge in [-0.25, -0.2) is 4.79 Å². The molecule has 0 aromatic heterocycles. The van der Waals surface area contributed by atoms with Crippen molar-refractivity contribution in [3.8, 4) is 0 Å². The van der Waals surface area contributed by atoms with Gasteiger partial charge in [0.05, 0.1) is 17.6 Å². The highest BCUT2D eigenvalue weighted by molar-refractivity contribution is 6.07. The minimum absolute atomic E-state index is 0.121. The first kappa shape index (κ1) is 18.9. The van der Waals surface area contributed by atoms with Crippen LogP contribution >= 0.6 is 0 Å². The van der Waals surface area contributed by atoms with Gasteiger partial charge in [-0.05, 0) is 17.4 Å². The van der Waals surface area contributed by atoms with Crippen molar-refractivity contribution in [1.82, 2.24) is 10.2 Å². The molecule has 0 spiro atoms. The fraction of sp³-hybridized carbons (Fsp3) is 0.529. The summed E-state index contributed by atoms with van der Waals surface area (Å²) in [6.07, 6.45) is -1.20. The third-order valence-corrected chi connectivity index (χ3v) is 4.80. The lowest BCUT2D eigenvalue weighted by Crippen LogP contribution is -2.55. The molecule has 0 unspecified atom stereocenters. The highest BCUT2D eigenvalue weighted by atomic mass is 16.6. The van der Waals surface area contributed by atoms with E-state index in [4.69, 9.17) is 0 Å². The fourth-order valence-electron chi connectivity index (χ4n) is 3.35. The molecular formula is C17H23N3O5. The first-order valence-corrected chi connectivity index (χ1v) is 8.17. The van der Waals surface area contributed by atoms with Crippen molar-refractivity contribution in [3.63, 3.8) is 0 Å². The number of hydrogen-bond acceptors (Lipinski definition) is 5. The summed E-state index contributed by atoms with van der Waals surface area (Å²) < 4.78 is 0. The smallest absolute Gasteiger partial charge is 0.325 e. The Balaban J connectivity index is 2.25. The van der Waals surface area contributed by atoms with Crippen LogP contribution in [0.2, 0.25) is 0 Å². The first-order chi connectivity index (χ1) is 11.6. The predicted octanol–water partition coefficient (Wildman–Crippen LogP) is 2.23. The molecule has 0 saturated carbocycles. The largest absolute Gasteiger partial charge is 0.387 e. The Labute approximate surface area is 146 Å². The summed E-state index contributed by atoms with van der Waals surface area (Å²) in [6, 6.07) is 4.97. The van der Waals surface area contributed by atoms with Crippen LogP contribution in [0.1, 0.15) is 39.4 Å². The number of amides is 3. The molecule has 1 heterocycles.